The molecule has 0 aliphatic heterocycles. The highest BCUT2D eigenvalue weighted by molar-refractivity contribution is 5.59. The lowest BCUT2D eigenvalue weighted by molar-refractivity contribution is 0.109. The molecular weight excluding hydrogens is 749 g/mol. The maximum atomic E-state index is 10.4. The van der Waals surface area contributed by atoms with Gasteiger partial charge in [0.1, 0.15) is 49.4 Å². The van der Waals surface area contributed by atoms with Crippen LogP contribution in [0.25, 0.3) is 0 Å². The number of nitriles is 2. The van der Waals surface area contributed by atoms with E-state index < -0.39 is 0 Å². The van der Waals surface area contributed by atoms with Crippen molar-refractivity contribution < 1.29 is 28.4 Å². The quantitative estimate of drug-likeness (QED) is 0.0891. The van der Waals surface area contributed by atoms with Gasteiger partial charge < -0.3 is 28.4 Å². The Morgan fingerprint density at radius 3 is 1.05 bits per heavy atom. The maximum Gasteiger partial charge on any atom is 0.126 e. The zero-order valence-corrected chi connectivity index (χ0v) is 34.4. The Morgan fingerprint density at radius 2 is 0.733 bits per heavy atom. The summed E-state index contributed by atoms with van der Waals surface area (Å²) < 4.78 is 38.3. The van der Waals surface area contributed by atoms with Crippen LogP contribution in [0.1, 0.15) is 80.6 Å². The average Bonchev–Trinajstić information content (AvgIpc) is 3.27. The van der Waals surface area contributed by atoms with E-state index >= 15 is 0 Å². The van der Waals surface area contributed by atoms with Crippen LogP contribution in [-0.4, -0.2) is 39.6 Å². The third kappa shape index (κ3) is 10.5. The molecule has 0 unspecified atom stereocenters. The monoisotopic (exact) mass is 798 g/mol. The standard InChI is InChI=1S/C52H50N2O6/c1-3-55-21-23-57-51-45-25-39(33-53)26-46(51)30-42-18-12-20-44(50(42)60-36-38-15-9-6-10-16-38)32-48-28-40(34-54)27-47(52(48)58-24-22-56-4-2)31-43-19-11-17-41(29-45)49(43)59-35-37-13-7-5-8-14-37/h5-20,25-28H,3-4,21-24,29-32,35-36H2,1-2H3. The number of ether oxygens (including phenoxy) is 6. The number of nitrogens with zero attached hydrogens (tertiary/aromatic N) is 2. The molecule has 0 amide bonds. The first-order valence-electron chi connectivity index (χ1n) is 20.6. The van der Waals surface area contributed by atoms with Gasteiger partial charge in [0.15, 0.2) is 0 Å². The van der Waals surface area contributed by atoms with Crippen molar-refractivity contribution in [2.45, 2.75) is 52.7 Å². The van der Waals surface area contributed by atoms with E-state index in [1.54, 1.807) is 0 Å². The molecule has 0 N–H and O–H groups in total. The first-order valence-corrected chi connectivity index (χ1v) is 20.6. The summed E-state index contributed by atoms with van der Waals surface area (Å²) in [6.07, 6.45) is 1.73. The van der Waals surface area contributed by atoms with E-state index in [2.05, 4.69) is 36.4 Å². The van der Waals surface area contributed by atoms with Crippen LogP contribution in [0.4, 0.5) is 0 Å². The van der Waals surface area contributed by atoms with E-state index in [1.165, 1.54) is 0 Å². The number of benzene rings is 6. The zero-order valence-electron chi connectivity index (χ0n) is 34.4. The molecule has 0 heterocycles. The Hall–Kier alpha value is -6.58. The van der Waals surface area contributed by atoms with Gasteiger partial charge in [-0.1, -0.05) is 97.1 Å². The second-order valence-corrected chi connectivity index (χ2v) is 14.6. The third-order valence-corrected chi connectivity index (χ3v) is 10.4. The van der Waals surface area contributed by atoms with Crippen LogP contribution in [0.2, 0.25) is 0 Å². The summed E-state index contributed by atoms with van der Waals surface area (Å²) in [5.74, 6) is 2.91. The molecule has 0 saturated carbocycles. The van der Waals surface area contributed by atoms with Crippen LogP contribution < -0.4 is 18.9 Å². The summed E-state index contributed by atoms with van der Waals surface area (Å²) in [6.45, 7) is 7.34. The smallest absolute Gasteiger partial charge is 0.126 e. The lowest BCUT2D eigenvalue weighted by Crippen LogP contribution is -2.12. The first-order chi connectivity index (χ1) is 29.6. The van der Waals surface area contributed by atoms with Crippen molar-refractivity contribution in [2.75, 3.05) is 39.6 Å². The van der Waals surface area contributed by atoms with Crippen LogP contribution in [0.15, 0.2) is 121 Å². The van der Waals surface area contributed by atoms with E-state index in [1.807, 2.05) is 111 Å². The topological polar surface area (TPSA) is 103 Å². The second-order valence-electron chi connectivity index (χ2n) is 14.6. The summed E-state index contributed by atoms with van der Waals surface area (Å²) in [5, 5.41) is 20.8. The molecule has 7 rings (SSSR count). The number of hydrogen-bond acceptors (Lipinski definition) is 8. The van der Waals surface area contributed by atoms with Gasteiger partial charge in [0, 0.05) is 61.2 Å². The van der Waals surface area contributed by atoms with Gasteiger partial charge in [0.05, 0.1) is 36.5 Å². The van der Waals surface area contributed by atoms with Crippen molar-refractivity contribution >= 4 is 0 Å². The lowest BCUT2D eigenvalue weighted by Gasteiger charge is -2.23. The number of rotatable bonds is 16. The van der Waals surface area contributed by atoms with E-state index in [0.29, 0.717) is 101 Å². The maximum absolute atomic E-state index is 10.4. The van der Waals surface area contributed by atoms with Gasteiger partial charge in [0.2, 0.25) is 0 Å². The molecule has 0 saturated heterocycles. The van der Waals surface area contributed by atoms with E-state index in [-0.39, 0.29) is 0 Å². The molecule has 1 aliphatic carbocycles. The summed E-state index contributed by atoms with van der Waals surface area (Å²) in [5.41, 5.74) is 10.4. The SMILES string of the molecule is CCOCCOc1c2cc(C#N)cc1Cc1cccc(c1OCc1ccccc1)Cc1cc(C#N)cc(c1OCCOCC)Cc1cccc(c1OCc1ccccc1)C2. The molecular formula is C52H50N2O6. The Bertz CT molecular complexity index is 2190. The molecule has 0 atom stereocenters. The van der Waals surface area contributed by atoms with E-state index in [4.69, 9.17) is 28.4 Å². The molecule has 0 radical (unpaired) electrons. The van der Waals surface area contributed by atoms with Gasteiger partial charge in [-0.05, 0) is 71.5 Å². The number of hydrogen-bond donors (Lipinski definition) is 0. The molecule has 0 fully saturated rings. The van der Waals surface area contributed by atoms with Gasteiger partial charge in [-0.15, -0.1) is 0 Å². The second kappa shape index (κ2) is 20.9. The van der Waals surface area contributed by atoms with Gasteiger partial charge in [0.25, 0.3) is 0 Å². The van der Waals surface area contributed by atoms with Crippen LogP contribution in [0, 0.1) is 22.7 Å². The highest BCUT2D eigenvalue weighted by Gasteiger charge is 2.23. The molecule has 0 aromatic heterocycles. The van der Waals surface area contributed by atoms with Crippen molar-refractivity contribution in [3.8, 4) is 35.1 Å². The van der Waals surface area contributed by atoms with Gasteiger partial charge >= 0.3 is 0 Å². The van der Waals surface area contributed by atoms with Crippen LogP contribution in [0.5, 0.6) is 23.0 Å². The molecule has 60 heavy (non-hydrogen) atoms. The Kier molecular flexibility index (Phi) is 14.5. The normalized spacial score (nSPS) is 11.9. The largest absolute Gasteiger partial charge is 0.491 e. The third-order valence-electron chi connectivity index (χ3n) is 10.4. The fraction of sp³-hybridized carbons (Fsp3) is 0.269. The molecule has 0 spiro atoms. The molecule has 304 valence electrons. The first kappa shape index (κ1) is 41.6. The average molecular weight is 799 g/mol. The minimum absolute atomic E-state index is 0.344. The molecule has 8 nitrogen and oxygen atoms in total. The predicted octanol–water partition coefficient (Wildman–Crippen LogP) is 10.1. The molecule has 6 aromatic rings. The minimum Gasteiger partial charge on any atom is -0.491 e. The van der Waals surface area contributed by atoms with Gasteiger partial charge in [-0.2, -0.15) is 10.5 Å². The van der Waals surface area contributed by atoms with E-state index in [9.17, 15) is 10.5 Å². The van der Waals surface area contributed by atoms with Crippen molar-refractivity contribution in [1.82, 2.24) is 0 Å². The number of fused-ring (bicyclic) bond motifs is 8. The Labute approximate surface area is 353 Å². The molecule has 8 bridgehead atoms. The molecule has 1 aliphatic rings. The van der Waals surface area contributed by atoms with Crippen LogP contribution >= 0.6 is 0 Å². The van der Waals surface area contributed by atoms with Crippen molar-refractivity contribution in [1.29, 1.82) is 10.5 Å². The fourth-order valence-corrected chi connectivity index (χ4v) is 7.71. The van der Waals surface area contributed by atoms with Crippen molar-refractivity contribution in [3.63, 3.8) is 0 Å². The summed E-state index contributed by atoms with van der Waals surface area (Å²) in [4.78, 5) is 0. The highest BCUT2D eigenvalue weighted by Crippen LogP contribution is 2.40. The van der Waals surface area contributed by atoms with Gasteiger partial charge in [-0.3, -0.25) is 0 Å². The minimum atomic E-state index is 0.344. The van der Waals surface area contributed by atoms with Crippen LogP contribution in [0.3, 0.4) is 0 Å². The molecule has 6 aromatic carbocycles. The van der Waals surface area contributed by atoms with Gasteiger partial charge in [-0.25, -0.2) is 0 Å². The summed E-state index contributed by atoms with van der Waals surface area (Å²) in [6, 6.07) is 45.1. The number of para-hydroxylation sites is 2. The molecule has 8 heteroatoms. The summed E-state index contributed by atoms with van der Waals surface area (Å²) >= 11 is 0. The van der Waals surface area contributed by atoms with Crippen molar-refractivity contribution in [3.05, 3.63) is 188 Å². The Morgan fingerprint density at radius 1 is 0.400 bits per heavy atom. The van der Waals surface area contributed by atoms with Crippen LogP contribution in [-0.2, 0) is 48.4 Å². The summed E-state index contributed by atoms with van der Waals surface area (Å²) in [7, 11) is 0. The van der Waals surface area contributed by atoms with Crippen molar-refractivity contribution in [2.24, 2.45) is 0 Å². The predicted molar refractivity (Wildman–Crippen MR) is 232 cm³/mol. The lowest BCUT2D eigenvalue weighted by atomic mass is 9.90. The highest BCUT2D eigenvalue weighted by atomic mass is 16.5. The van der Waals surface area contributed by atoms with E-state index in [0.717, 1.165) is 67.1 Å². The zero-order chi connectivity index (χ0) is 41.5. The Balaban J connectivity index is 1.44. The fourth-order valence-electron chi connectivity index (χ4n) is 7.71.